The second kappa shape index (κ2) is 12.7. The number of carbonyl (C=O) groups excluding carboxylic acids is 1. The third-order valence-electron chi connectivity index (χ3n) is 6.77. The molecule has 4 aromatic carbocycles. The molecule has 0 aliphatic carbocycles. The molecule has 0 heterocycles. The summed E-state index contributed by atoms with van der Waals surface area (Å²) in [6.45, 7) is 3.18. The van der Waals surface area contributed by atoms with E-state index in [4.69, 9.17) is 16.3 Å². The largest absolute Gasteiger partial charge is 0.384 e. The van der Waals surface area contributed by atoms with E-state index in [0.29, 0.717) is 36.2 Å². The lowest BCUT2D eigenvalue weighted by atomic mass is 9.97. The zero-order chi connectivity index (χ0) is 28.7. The first kappa shape index (κ1) is 28.7. The predicted octanol–water partition coefficient (Wildman–Crippen LogP) is 4.86. The van der Waals surface area contributed by atoms with E-state index in [2.05, 4.69) is 19.1 Å². The Labute approximate surface area is 236 Å². The molecule has 0 spiro atoms. The number of nitrogens with one attached hydrogen (secondary N) is 1. The average Bonchev–Trinajstić information content (AvgIpc) is 2.94. The Hall–Kier alpha value is -4.27. The molecule has 1 amide bonds. The van der Waals surface area contributed by atoms with Crippen LogP contribution in [0.25, 0.3) is 11.1 Å². The Morgan fingerprint density at radius 3 is 2.20 bits per heavy atom. The van der Waals surface area contributed by atoms with Crippen LogP contribution < -0.4 is 10.9 Å². The van der Waals surface area contributed by atoms with Gasteiger partial charge in [-0.05, 0) is 52.8 Å². The molecule has 0 fully saturated rings. The molecule has 0 aliphatic rings. The summed E-state index contributed by atoms with van der Waals surface area (Å²) in [6, 6.07) is 29.7. The highest BCUT2D eigenvalue weighted by atomic mass is 32.2. The second-order valence-electron chi connectivity index (χ2n) is 9.79. The lowest BCUT2D eigenvalue weighted by molar-refractivity contribution is -0.131. The number of carbonyl (C=O) groups is 1. The molecule has 4 rings (SSSR count). The van der Waals surface area contributed by atoms with E-state index in [1.165, 1.54) is 6.07 Å². The Morgan fingerprint density at radius 2 is 1.52 bits per heavy atom. The van der Waals surface area contributed by atoms with Gasteiger partial charge in [-0.1, -0.05) is 91.9 Å². The second-order valence-corrected chi connectivity index (χ2v) is 11.3. The number of hydrogen-bond acceptors (Lipinski definition) is 4. The van der Waals surface area contributed by atoms with Gasteiger partial charge in [0.05, 0.1) is 11.3 Å². The molecule has 7 nitrogen and oxygen atoms in total. The van der Waals surface area contributed by atoms with Crippen molar-refractivity contribution < 1.29 is 13.2 Å². The average molecular weight is 555 g/mol. The minimum atomic E-state index is -3.86. The minimum Gasteiger partial charge on any atom is -0.384 e. The van der Waals surface area contributed by atoms with Gasteiger partial charge in [-0.3, -0.25) is 10.2 Å². The van der Waals surface area contributed by atoms with Crippen LogP contribution in [0.4, 0.5) is 0 Å². The number of rotatable bonds is 11. The van der Waals surface area contributed by atoms with Crippen LogP contribution in [0.5, 0.6) is 0 Å². The summed E-state index contributed by atoms with van der Waals surface area (Å²) in [5.74, 6) is 0.0597. The van der Waals surface area contributed by atoms with Crippen LogP contribution in [-0.4, -0.2) is 31.6 Å². The Morgan fingerprint density at radius 1 is 0.850 bits per heavy atom. The van der Waals surface area contributed by atoms with Crippen LogP contribution in [0, 0.1) is 5.41 Å². The van der Waals surface area contributed by atoms with Gasteiger partial charge < -0.3 is 10.6 Å². The molecular weight excluding hydrogens is 520 g/mol. The predicted molar refractivity (Wildman–Crippen MR) is 159 cm³/mol. The summed E-state index contributed by atoms with van der Waals surface area (Å²) in [5.41, 5.74) is 11.7. The quantitative estimate of drug-likeness (QED) is 0.181. The molecule has 4 aromatic rings. The van der Waals surface area contributed by atoms with Crippen LogP contribution in [0.3, 0.4) is 0 Å². The lowest BCUT2D eigenvalue weighted by Gasteiger charge is -2.24. The van der Waals surface area contributed by atoms with Gasteiger partial charge in [0.1, 0.15) is 5.84 Å². The van der Waals surface area contributed by atoms with E-state index < -0.39 is 10.0 Å². The molecule has 0 aromatic heterocycles. The maximum Gasteiger partial charge on any atom is 0.238 e. The number of nitrogens with zero attached hydrogens (tertiary/aromatic N) is 1. The number of primary sulfonamides is 1. The highest BCUT2D eigenvalue weighted by Crippen LogP contribution is 2.27. The lowest BCUT2D eigenvalue weighted by Crippen LogP contribution is -2.33. The highest BCUT2D eigenvalue weighted by Gasteiger charge is 2.17. The number of benzene rings is 4. The van der Waals surface area contributed by atoms with Crippen molar-refractivity contribution in [3.05, 3.63) is 125 Å². The molecule has 0 saturated heterocycles. The Kier molecular flexibility index (Phi) is 9.14. The number of amides is 1. The third kappa shape index (κ3) is 7.22. The summed E-state index contributed by atoms with van der Waals surface area (Å²) in [6.07, 6.45) is 1.74. The van der Waals surface area contributed by atoms with E-state index in [-0.39, 0.29) is 23.1 Å². The number of nitrogen functional groups attached to an aromatic ring is 1. The Balaban J connectivity index is 1.50. The van der Waals surface area contributed by atoms with Crippen LogP contribution in [0.1, 0.15) is 41.2 Å². The summed E-state index contributed by atoms with van der Waals surface area (Å²) >= 11 is 0. The molecule has 0 unspecified atom stereocenters. The van der Waals surface area contributed by atoms with E-state index in [1.54, 1.807) is 18.2 Å². The molecule has 0 saturated carbocycles. The van der Waals surface area contributed by atoms with E-state index in [9.17, 15) is 13.2 Å². The van der Waals surface area contributed by atoms with Gasteiger partial charge in [-0.25, -0.2) is 13.6 Å². The standard InChI is InChI=1S/C32H34N4O3S/c1-2-18-36(22-28-10-4-3-9-26(28)19-24-8-7-11-27(20-24)32(33)34)31(37)21-23-14-16-25(17-15-23)29-12-5-6-13-30(29)40(35,38)39/h3-17,20H,2,18-19,21-22H2,1H3,(H3,33,34)(H2,35,38,39). The molecule has 0 atom stereocenters. The molecule has 5 N–H and O–H groups in total. The van der Waals surface area contributed by atoms with E-state index >= 15 is 0 Å². The summed E-state index contributed by atoms with van der Waals surface area (Å²) in [5, 5.41) is 13.1. The maximum atomic E-state index is 13.4. The number of hydrogen-bond donors (Lipinski definition) is 3. The molecule has 206 valence electrons. The number of amidine groups is 1. The molecule has 0 radical (unpaired) electrons. The first-order valence-corrected chi connectivity index (χ1v) is 14.7. The first-order valence-electron chi connectivity index (χ1n) is 13.1. The molecule has 0 bridgehead atoms. The fourth-order valence-corrected chi connectivity index (χ4v) is 5.52. The van der Waals surface area contributed by atoms with Crippen molar-refractivity contribution in [3.8, 4) is 11.1 Å². The van der Waals surface area contributed by atoms with E-state index in [1.807, 2.05) is 65.6 Å². The van der Waals surface area contributed by atoms with Gasteiger partial charge in [-0.2, -0.15) is 0 Å². The van der Waals surface area contributed by atoms with Crippen molar-refractivity contribution in [1.82, 2.24) is 4.90 Å². The summed E-state index contributed by atoms with van der Waals surface area (Å²) in [4.78, 5) is 15.4. The van der Waals surface area contributed by atoms with Crippen molar-refractivity contribution in [2.75, 3.05) is 6.54 Å². The molecular formula is C32H34N4O3S. The zero-order valence-electron chi connectivity index (χ0n) is 22.5. The normalized spacial score (nSPS) is 11.2. The van der Waals surface area contributed by atoms with Crippen LogP contribution in [-0.2, 0) is 34.2 Å². The van der Waals surface area contributed by atoms with Crippen molar-refractivity contribution in [3.63, 3.8) is 0 Å². The minimum absolute atomic E-state index is 0.0212. The van der Waals surface area contributed by atoms with Crippen molar-refractivity contribution in [2.24, 2.45) is 10.9 Å². The van der Waals surface area contributed by atoms with Gasteiger partial charge in [0.2, 0.25) is 15.9 Å². The number of sulfonamides is 1. The number of nitrogens with two attached hydrogens (primary N) is 2. The SMILES string of the molecule is CCCN(Cc1ccccc1Cc1cccc(C(=N)N)c1)C(=O)Cc1ccc(-c2ccccc2S(N)(=O)=O)cc1. The van der Waals surface area contributed by atoms with Gasteiger partial charge in [-0.15, -0.1) is 0 Å². The summed E-state index contributed by atoms with van der Waals surface area (Å²) < 4.78 is 24.0. The monoisotopic (exact) mass is 554 g/mol. The molecule has 8 heteroatoms. The van der Waals surface area contributed by atoms with Gasteiger partial charge in [0.15, 0.2) is 0 Å². The van der Waals surface area contributed by atoms with Crippen LogP contribution in [0.2, 0.25) is 0 Å². The third-order valence-corrected chi connectivity index (χ3v) is 7.74. The van der Waals surface area contributed by atoms with E-state index in [0.717, 1.165) is 28.7 Å². The molecule has 0 aliphatic heterocycles. The highest BCUT2D eigenvalue weighted by molar-refractivity contribution is 7.89. The maximum absolute atomic E-state index is 13.4. The first-order chi connectivity index (χ1) is 19.2. The van der Waals surface area contributed by atoms with Crippen molar-refractivity contribution >= 4 is 21.8 Å². The van der Waals surface area contributed by atoms with Gasteiger partial charge in [0, 0.05) is 24.2 Å². The van der Waals surface area contributed by atoms with Crippen LogP contribution >= 0.6 is 0 Å². The van der Waals surface area contributed by atoms with Gasteiger partial charge in [0.25, 0.3) is 0 Å². The summed E-state index contributed by atoms with van der Waals surface area (Å²) in [7, 11) is -3.86. The fourth-order valence-electron chi connectivity index (χ4n) is 4.76. The smallest absolute Gasteiger partial charge is 0.238 e. The Bertz CT molecular complexity index is 1620. The fraction of sp³-hybridized carbons (Fsp3) is 0.188. The zero-order valence-corrected chi connectivity index (χ0v) is 23.3. The van der Waals surface area contributed by atoms with Gasteiger partial charge >= 0.3 is 0 Å². The van der Waals surface area contributed by atoms with Crippen molar-refractivity contribution in [2.45, 2.75) is 37.6 Å². The topological polar surface area (TPSA) is 130 Å². The van der Waals surface area contributed by atoms with Crippen molar-refractivity contribution in [1.29, 1.82) is 5.41 Å². The van der Waals surface area contributed by atoms with Crippen LogP contribution in [0.15, 0.2) is 102 Å². The molecule has 40 heavy (non-hydrogen) atoms.